The van der Waals surface area contributed by atoms with Crippen LogP contribution >= 0.6 is 0 Å². The van der Waals surface area contributed by atoms with Crippen LogP contribution in [-0.2, 0) is 0 Å². The third kappa shape index (κ3) is 2.85. The number of benzene rings is 1. The largest absolute Gasteiger partial charge is 0.324 e. The predicted octanol–water partition coefficient (Wildman–Crippen LogP) is 3.49. The van der Waals surface area contributed by atoms with Gasteiger partial charge in [-0.1, -0.05) is 43.5 Å². The zero-order valence-electron chi connectivity index (χ0n) is 9.51. The first-order chi connectivity index (χ1) is 6.65. The molecule has 0 spiro atoms. The molecule has 78 valence electrons. The molecule has 0 amide bonds. The second-order valence-corrected chi connectivity index (χ2v) is 4.11. The molecule has 0 aliphatic rings. The Bertz CT molecular complexity index is 291. The Morgan fingerprint density at radius 1 is 1.29 bits per heavy atom. The number of hydrogen-bond donors (Lipinski definition) is 1. The van der Waals surface area contributed by atoms with Gasteiger partial charge in [0.25, 0.3) is 0 Å². The molecule has 1 nitrogen and oxygen atoms in total. The van der Waals surface area contributed by atoms with Gasteiger partial charge in [0, 0.05) is 6.04 Å². The van der Waals surface area contributed by atoms with Crippen molar-refractivity contribution < 1.29 is 0 Å². The fraction of sp³-hybridized carbons (Fsp3) is 0.538. The van der Waals surface area contributed by atoms with E-state index in [1.54, 1.807) is 0 Å². The molecule has 0 radical (unpaired) electrons. The molecule has 0 aromatic heterocycles. The van der Waals surface area contributed by atoms with Gasteiger partial charge < -0.3 is 5.73 Å². The van der Waals surface area contributed by atoms with Crippen LogP contribution in [0.3, 0.4) is 0 Å². The van der Waals surface area contributed by atoms with Gasteiger partial charge in [0.1, 0.15) is 0 Å². The predicted molar refractivity (Wildman–Crippen MR) is 62.4 cm³/mol. The summed E-state index contributed by atoms with van der Waals surface area (Å²) >= 11 is 0. The summed E-state index contributed by atoms with van der Waals surface area (Å²) < 4.78 is 0. The molecule has 0 bridgehead atoms. The summed E-state index contributed by atoms with van der Waals surface area (Å²) in [6.45, 7) is 6.47. The molecular weight excluding hydrogens is 170 g/mol. The first kappa shape index (κ1) is 11.3. The minimum Gasteiger partial charge on any atom is -0.324 e. The summed E-state index contributed by atoms with van der Waals surface area (Å²) in [5.74, 6) is 0. The summed E-state index contributed by atoms with van der Waals surface area (Å²) in [7, 11) is 0. The van der Waals surface area contributed by atoms with Gasteiger partial charge >= 0.3 is 0 Å². The van der Waals surface area contributed by atoms with E-state index in [1.807, 2.05) is 0 Å². The van der Waals surface area contributed by atoms with Crippen LogP contribution in [0.25, 0.3) is 0 Å². The van der Waals surface area contributed by atoms with Gasteiger partial charge in [0.05, 0.1) is 0 Å². The average molecular weight is 191 g/mol. The number of rotatable bonds is 4. The first-order valence-electron chi connectivity index (χ1n) is 5.48. The van der Waals surface area contributed by atoms with Gasteiger partial charge in [-0.05, 0) is 31.4 Å². The summed E-state index contributed by atoms with van der Waals surface area (Å²) in [5, 5.41) is 0. The summed E-state index contributed by atoms with van der Waals surface area (Å²) in [4.78, 5) is 0. The minimum atomic E-state index is 0.218. The lowest BCUT2D eigenvalue weighted by molar-refractivity contribution is 0.601. The fourth-order valence-electron chi connectivity index (χ4n) is 1.82. The SMILES string of the molecule is CCCC[C@H](N)c1ccc(C)cc1C. The highest BCUT2D eigenvalue weighted by Crippen LogP contribution is 2.21. The van der Waals surface area contributed by atoms with Crippen LogP contribution in [-0.4, -0.2) is 0 Å². The number of nitrogens with two attached hydrogens (primary N) is 1. The Hall–Kier alpha value is -0.820. The van der Waals surface area contributed by atoms with Crippen molar-refractivity contribution in [2.45, 2.75) is 46.1 Å². The number of hydrogen-bond acceptors (Lipinski definition) is 1. The molecule has 2 N–H and O–H groups in total. The Kier molecular flexibility index (Phi) is 4.15. The molecule has 1 heteroatoms. The molecular formula is C13H21N. The zero-order chi connectivity index (χ0) is 10.6. The molecule has 1 aromatic carbocycles. The van der Waals surface area contributed by atoms with Crippen molar-refractivity contribution in [1.29, 1.82) is 0 Å². The molecule has 1 atom stereocenters. The number of aryl methyl sites for hydroxylation is 2. The first-order valence-corrected chi connectivity index (χ1v) is 5.48. The van der Waals surface area contributed by atoms with E-state index in [9.17, 15) is 0 Å². The lowest BCUT2D eigenvalue weighted by Crippen LogP contribution is -2.11. The molecule has 14 heavy (non-hydrogen) atoms. The molecule has 0 saturated heterocycles. The quantitative estimate of drug-likeness (QED) is 0.774. The van der Waals surface area contributed by atoms with Crippen LogP contribution in [0.4, 0.5) is 0 Å². The van der Waals surface area contributed by atoms with Crippen LogP contribution in [0.2, 0.25) is 0 Å². The highest BCUT2D eigenvalue weighted by molar-refractivity contribution is 5.32. The molecule has 0 saturated carbocycles. The highest BCUT2D eigenvalue weighted by atomic mass is 14.6. The van der Waals surface area contributed by atoms with Crippen molar-refractivity contribution in [3.8, 4) is 0 Å². The monoisotopic (exact) mass is 191 g/mol. The topological polar surface area (TPSA) is 26.0 Å². The van der Waals surface area contributed by atoms with Gasteiger partial charge in [-0.3, -0.25) is 0 Å². The minimum absolute atomic E-state index is 0.218. The normalized spacial score (nSPS) is 12.9. The fourth-order valence-corrected chi connectivity index (χ4v) is 1.82. The van der Waals surface area contributed by atoms with Crippen molar-refractivity contribution in [2.24, 2.45) is 5.73 Å². The standard InChI is InChI=1S/C13H21N/c1-4-5-6-13(14)12-8-7-10(2)9-11(12)3/h7-9,13H,4-6,14H2,1-3H3/t13-/m0/s1. The summed E-state index contributed by atoms with van der Waals surface area (Å²) in [5.41, 5.74) is 10.1. The van der Waals surface area contributed by atoms with E-state index in [0.29, 0.717) is 0 Å². The highest BCUT2D eigenvalue weighted by Gasteiger charge is 2.07. The van der Waals surface area contributed by atoms with E-state index >= 15 is 0 Å². The lowest BCUT2D eigenvalue weighted by Gasteiger charge is -2.14. The maximum atomic E-state index is 6.13. The maximum absolute atomic E-state index is 6.13. The van der Waals surface area contributed by atoms with Crippen molar-refractivity contribution in [2.75, 3.05) is 0 Å². The van der Waals surface area contributed by atoms with Gasteiger partial charge in [-0.2, -0.15) is 0 Å². The molecule has 0 heterocycles. The molecule has 0 unspecified atom stereocenters. The zero-order valence-corrected chi connectivity index (χ0v) is 9.51. The van der Waals surface area contributed by atoms with Crippen LogP contribution in [0.1, 0.15) is 48.9 Å². The Labute approximate surface area is 87.3 Å². The molecule has 0 fully saturated rings. The second kappa shape index (κ2) is 5.16. The second-order valence-electron chi connectivity index (χ2n) is 4.11. The van der Waals surface area contributed by atoms with Crippen molar-refractivity contribution in [1.82, 2.24) is 0 Å². The van der Waals surface area contributed by atoms with Crippen LogP contribution in [0, 0.1) is 13.8 Å². The van der Waals surface area contributed by atoms with Crippen LogP contribution in [0.15, 0.2) is 18.2 Å². The molecule has 1 aromatic rings. The molecule has 0 aliphatic heterocycles. The average Bonchev–Trinajstić information content (AvgIpc) is 2.14. The van der Waals surface area contributed by atoms with E-state index in [4.69, 9.17) is 5.73 Å². The third-order valence-electron chi connectivity index (χ3n) is 2.69. The molecule has 1 rings (SSSR count). The summed E-state index contributed by atoms with van der Waals surface area (Å²) in [6, 6.07) is 6.75. The maximum Gasteiger partial charge on any atom is 0.0297 e. The van der Waals surface area contributed by atoms with Crippen molar-refractivity contribution >= 4 is 0 Å². The van der Waals surface area contributed by atoms with Crippen molar-refractivity contribution in [3.05, 3.63) is 34.9 Å². The summed E-state index contributed by atoms with van der Waals surface area (Å²) in [6.07, 6.45) is 3.54. The van der Waals surface area contributed by atoms with Gasteiger partial charge in [0.15, 0.2) is 0 Å². The third-order valence-corrected chi connectivity index (χ3v) is 2.69. The van der Waals surface area contributed by atoms with Crippen LogP contribution < -0.4 is 5.73 Å². The Morgan fingerprint density at radius 3 is 2.57 bits per heavy atom. The Balaban J connectivity index is 2.74. The van der Waals surface area contributed by atoms with E-state index < -0.39 is 0 Å². The number of unbranched alkanes of at least 4 members (excludes halogenated alkanes) is 1. The Morgan fingerprint density at radius 2 is 2.00 bits per heavy atom. The molecule has 0 aliphatic carbocycles. The smallest absolute Gasteiger partial charge is 0.0297 e. The van der Waals surface area contributed by atoms with Gasteiger partial charge in [-0.25, -0.2) is 0 Å². The van der Waals surface area contributed by atoms with Gasteiger partial charge in [0.2, 0.25) is 0 Å². The lowest BCUT2D eigenvalue weighted by atomic mass is 9.96. The van der Waals surface area contributed by atoms with E-state index in [1.165, 1.54) is 29.5 Å². The van der Waals surface area contributed by atoms with Crippen molar-refractivity contribution in [3.63, 3.8) is 0 Å². The van der Waals surface area contributed by atoms with Crippen LogP contribution in [0.5, 0.6) is 0 Å². The van der Waals surface area contributed by atoms with E-state index in [0.717, 1.165) is 6.42 Å². The van der Waals surface area contributed by atoms with Gasteiger partial charge in [-0.15, -0.1) is 0 Å². The van der Waals surface area contributed by atoms with E-state index in [2.05, 4.69) is 39.0 Å². The van der Waals surface area contributed by atoms with E-state index in [-0.39, 0.29) is 6.04 Å².